The van der Waals surface area contributed by atoms with Gasteiger partial charge in [0.1, 0.15) is 0 Å². The number of piperidine rings is 1. The van der Waals surface area contributed by atoms with Crippen LogP contribution in [0.15, 0.2) is 36.5 Å². The predicted octanol–water partition coefficient (Wildman–Crippen LogP) is 1.66. The number of hydrogen-bond acceptors (Lipinski definition) is 2. The fourth-order valence-corrected chi connectivity index (χ4v) is 1.52. The molecule has 0 bridgehead atoms. The van der Waals surface area contributed by atoms with Crippen molar-refractivity contribution < 1.29 is 4.74 Å². The highest BCUT2D eigenvalue weighted by atomic mass is 16.5. The maximum absolute atomic E-state index is 5.08. The summed E-state index contributed by atoms with van der Waals surface area (Å²) >= 11 is 0. The second kappa shape index (κ2) is 5.00. The molecule has 1 atom stereocenters. The van der Waals surface area contributed by atoms with Crippen molar-refractivity contribution in [2.24, 2.45) is 0 Å². The normalized spacial score (nSPS) is 26.4. The molecule has 0 aromatic carbocycles. The average Bonchev–Trinajstić information content (AvgIpc) is 2.10. The van der Waals surface area contributed by atoms with E-state index in [1.165, 1.54) is 11.1 Å². The molecule has 1 unspecified atom stereocenters. The molecule has 1 rings (SSSR count). The molecule has 13 heavy (non-hydrogen) atoms. The maximum atomic E-state index is 5.08. The van der Waals surface area contributed by atoms with E-state index in [1.807, 2.05) is 6.08 Å². The smallest absolute Gasteiger partial charge is 0.0619 e. The van der Waals surface area contributed by atoms with Crippen LogP contribution in [-0.4, -0.2) is 26.3 Å². The first-order valence-electron chi connectivity index (χ1n) is 4.50. The van der Waals surface area contributed by atoms with Crippen molar-refractivity contribution in [3.63, 3.8) is 0 Å². The van der Waals surface area contributed by atoms with Gasteiger partial charge in [-0.25, -0.2) is 0 Å². The van der Waals surface area contributed by atoms with E-state index in [4.69, 9.17) is 4.74 Å². The monoisotopic (exact) mass is 179 g/mol. The molecule has 1 fully saturated rings. The van der Waals surface area contributed by atoms with Gasteiger partial charge in [-0.05, 0) is 17.6 Å². The molecule has 0 aliphatic carbocycles. The van der Waals surface area contributed by atoms with Gasteiger partial charge in [0, 0.05) is 19.7 Å². The number of ether oxygens (including phenoxy) is 1. The van der Waals surface area contributed by atoms with Crippen molar-refractivity contribution in [3.8, 4) is 0 Å². The lowest BCUT2D eigenvalue weighted by Gasteiger charge is -2.26. The lowest BCUT2D eigenvalue weighted by molar-refractivity contribution is 0.165. The van der Waals surface area contributed by atoms with Crippen molar-refractivity contribution >= 4 is 0 Å². The zero-order valence-corrected chi connectivity index (χ0v) is 8.18. The number of rotatable bonds is 3. The zero-order valence-electron chi connectivity index (χ0n) is 8.18. The molecule has 1 N–H and O–H groups in total. The number of hydrogen-bond donors (Lipinski definition) is 1. The van der Waals surface area contributed by atoms with E-state index in [0.717, 1.165) is 19.6 Å². The highest BCUT2D eigenvalue weighted by molar-refractivity contribution is 5.35. The Morgan fingerprint density at radius 2 is 2.46 bits per heavy atom. The van der Waals surface area contributed by atoms with E-state index in [0.29, 0.717) is 6.04 Å². The first kappa shape index (κ1) is 10.2. The zero-order chi connectivity index (χ0) is 9.68. The number of allylic oxidation sites excluding steroid dienone is 2. The maximum Gasteiger partial charge on any atom is 0.0619 e. The summed E-state index contributed by atoms with van der Waals surface area (Å²) in [7, 11) is 1.72. The molecule has 1 heterocycles. The summed E-state index contributed by atoms with van der Waals surface area (Å²) in [5.74, 6) is 0. The third-order valence-electron chi connectivity index (χ3n) is 2.21. The molecule has 1 aliphatic heterocycles. The number of methoxy groups -OCH3 is 1. The molecular weight excluding hydrogens is 162 g/mol. The summed E-state index contributed by atoms with van der Waals surface area (Å²) in [4.78, 5) is 0. The van der Waals surface area contributed by atoms with E-state index in [9.17, 15) is 0 Å². The molecule has 2 heteroatoms. The van der Waals surface area contributed by atoms with Crippen LogP contribution < -0.4 is 5.32 Å². The lowest BCUT2D eigenvalue weighted by atomic mass is 9.95. The molecule has 0 radical (unpaired) electrons. The topological polar surface area (TPSA) is 21.3 Å². The molecule has 0 aromatic heterocycles. The average molecular weight is 179 g/mol. The van der Waals surface area contributed by atoms with Crippen molar-refractivity contribution in [3.05, 3.63) is 36.5 Å². The second-order valence-electron chi connectivity index (χ2n) is 3.27. The quantitative estimate of drug-likeness (QED) is 0.711. The van der Waals surface area contributed by atoms with Gasteiger partial charge in [0.25, 0.3) is 0 Å². The second-order valence-corrected chi connectivity index (χ2v) is 3.27. The summed E-state index contributed by atoms with van der Waals surface area (Å²) in [5.41, 5.74) is 2.45. The highest BCUT2D eigenvalue weighted by Gasteiger charge is 2.17. The molecular formula is C11H17NO. The highest BCUT2D eigenvalue weighted by Crippen LogP contribution is 2.18. The van der Waals surface area contributed by atoms with Crippen LogP contribution in [-0.2, 0) is 4.74 Å². The molecule has 2 nitrogen and oxygen atoms in total. The van der Waals surface area contributed by atoms with Gasteiger partial charge in [-0.3, -0.25) is 0 Å². The Morgan fingerprint density at radius 3 is 3.00 bits per heavy atom. The molecule has 0 spiro atoms. The summed E-state index contributed by atoms with van der Waals surface area (Å²) < 4.78 is 5.08. The van der Waals surface area contributed by atoms with Gasteiger partial charge >= 0.3 is 0 Å². The minimum Gasteiger partial charge on any atom is -0.383 e. The van der Waals surface area contributed by atoms with Crippen LogP contribution in [0.3, 0.4) is 0 Å². The van der Waals surface area contributed by atoms with Crippen LogP contribution in [0.5, 0.6) is 0 Å². The fourth-order valence-electron chi connectivity index (χ4n) is 1.52. The molecule has 72 valence electrons. The number of nitrogens with one attached hydrogen (secondary N) is 1. The van der Waals surface area contributed by atoms with E-state index in [2.05, 4.69) is 18.5 Å². The Balaban J connectivity index is 2.51. The Kier molecular flexibility index (Phi) is 3.93. The van der Waals surface area contributed by atoms with Gasteiger partial charge in [-0.2, -0.15) is 0 Å². The van der Waals surface area contributed by atoms with Crippen LogP contribution in [0.1, 0.15) is 6.42 Å². The van der Waals surface area contributed by atoms with Gasteiger partial charge in [0.2, 0.25) is 0 Å². The van der Waals surface area contributed by atoms with Crippen LogP contribution in [0.2, 0.25) is 0 Å². The van der Waals surface area contributed by atoms with E-state index < -0.39 is 0 Å². The summed E-state index contributed by atoms with van der Waals surface area (Å²) in [5, 5.41) is 3.38. The molecule has 1 saturated heterocycles. The van der Waals surface area contributed by atoms with Gasteiger partial charge in [0.05, 0.1) is 6.61 Å². The van der Waals surface area contributed by atoms with E-state index in [-0.39, 0.29) is 0 Å². The third kappa shape index (κ3) is 2.83. The van der Waals surface area contributed by atoms with Crippen LogP contribution in [0.25, 0.3) is 0 Å². The molecule has 1 aliphatic rings. The van der Waals surface area contributed by atoms with Crippen molar-refractivity contribution in [2.75, 3.05) is 20.3 Å². The standard InChI is InChI=1S/C11H17NO/c1-4-5-10-7-12-11(8-13-3)6-9(10)2/h4-5,11-12H,1-2,6-8H2,3H3/b10-5-. The first-order chi connectivity index (χ1) is 6.27. The van der Waals surface area contributed by atoms with E-state index >= 15 is 0 Å². The minimum atomic E-state index is 0.416. The Hall–Kier alpha value is -0.860. The summed E-state index contributed by atoms with van der Waals surface area (Å²) in [6.45, 7) is 9.33. The SMILES string of the molecule is C=C/C=C1/CNC(COC)CC1=C. The van der Waals surface area contributed by atoms with Crippen molar-refractivity contribution in [1.82, 2.24) is 5.32 Å². The summed E-state index contributed by atoms with van der Waals surface area (Å²) in [6.07, 6.45) is 4.78. The molecule has 0 aromatic rings. The largest absolute Gasteiger partial charge is 0.383 e. The lowest BCUT2D eigenvalue weighted by Crippen LogP contribution is -2.39. The predicted molar refractivity (Wildman–Crippen MR) is 55.7 cm³/mol. The van der Waals surface area contributed by atoms with Crippen molar-refractivity contribution in [2.45, 2.75) is 12.5 Å². The fraction of sp³-hybridized carbons (Fsp3) is 0.455. The third-order valence-corrected chi connectivity index (χ3v) is 2.21. The van der Waals surface area contributed by atoms with Crippen LogP contribution in [0.4, 0.5) is 0 Å². The first-order valence-corrected chi connectivity index (χ1v) is 4.50. The van der Waals surface area contributed by atoms with Gasteiger partial charge in [0.15, 0.2) is 0 Å². The van der Waals surface area contributed by atoms with Crippen LogP contribution >= 0.6 is 0 Å². The Bertz CT molecular complexity index is 230. The van der Waals surface area contributed by atoms with Gasteiger partial charge in [-0.15, -0.1) is 0 Å². The summed E-state index contributed by atoms with van der Waals surface area (Å²) in [6, 6.07) is 0.416. The Labute approximate surface area is 80.0 Å². The van der Waals surface area contributed by atoms with Crippen LogP contribution in [0, 0.1) is 0 Å². The minimum absolute atomic E-state index is 0.416. The molecule has 0 amide bonds. The Morgan fingerprint density at radius 1 is 1.69 bits per heavy atom. The van der Waals surface area contributed by atoms with Gasteiger partial charge in [-0.1, -0.05) is 25.3 Å². The van der Waals surface area contributed by atoms with Gasteiger partial charge < -0.3 is 10.1 Å². The van der Waals surface area contributed by atoms with Crippen molar-refractivity contribution in [1.29, 1.82) is 0 Å². The van der Waals surface area contributed by atoms with E-state index in [1.54, 1.807) is 13.2 Å². The molecule has 0 saturated carbocycles.